The molecule has 7 nitrogen and oxygen atoms in total. The van der Waals surface area contributed by atoms with E-state index in [0.717, 1.165) is 5.56 Å². The number of hydrazine groups is 1. The number of carbonyl (C=O) groups is 1. The molecule has 0 aromatic heterocycles. The van der Waals surface area contributed by atoms with E-state index in [0.29, 0.717) is 17.9 Å². The Balaban J connectivity index is 1.47. The Hall–Kier alpha value is -3.20. The molecule has 0 radical (unpaired) electrons. The molecule has 8 heteroatoms. The second-order valence-corrected chi connectivity index (χ2v) is 8.69. The smallest absolute Gasteiger partial charge is 0.261 e. The maximum absolute atomic E-state index is 12.9. The maximum Gasteiger partial charge on any atom is 0.261 e. The molecule has 0 saturated carbocycles. The van der Waals surface area contributed by atoms with Crippen LogP contribution in [0, 0.1) is 5.92 Å². The van der Waals surface area contributed by atoms with Gasteiger partial charge in [0, 0.05) is 12.2 Å². The molecule has 0 bridgehead atoms. The first kappa shape index (κ1) is 20.1. The second-order valence-electron chi connectivity index (χ2n) is 7.01. The van der Waals surface area contributed by atoms with Crippen molar-refractivity contribution in [2.24, 2.45) is 5.92 Å². The number of sulfonamides is 1. The van der Waals surface area contributed by atoms with Crippen molar-refractivity contribution >= 4 is 27.3 Å². The number of hydrogen-bond acceptors (Lipinski definition) is 5. The lowest BCUT2D eigenvalue weighted by molar-refractivity contribution is -0.119. The Bertz CT molecular complexity index is 1120. The molecule has 2 unspecified atom stereocenters. The molecular formula is C22H22N4O3S. The van der Waals surface area contributed by atoms with E-state index in [1.807, 2.05) is 30.3 Å². The molecule has 4 N–H and O–H groups in total. The predicted molar refractivity (Wildman–Crippen MR) is 116 cm³/mol. The van der Waals surface area contributed by atoms with Crippen LogP contribution in [0.25, 0.3) is 0 Å². The van der Waals surface area contributed by atoms with E-state index >= 15 is 0 Å². The summed E-state index contributed by atoms with van der Waals surface area (Å²) >= 11 is 0. The van der Waals surface area contributed by atoms with Gasteiger partial charge in [-0.3, -0.25) is 14.9 Å². The summed E-state index contributed by atoms with van der Waals surface area (Å²) in [6.07, 6.45) is 0. The lowest BCUT2D eigenvalue weighted by Gasteiger charge is -2.18. The largest absolute Gasteiger partial charge is 0.326 e. The molecule has 2 atom stereocenters. The number of benzene rings is 3. The Labute approximate surface area is 175 Å². The number of carbonyl (C=O) groups excluding carboxylic acids is 1. The van der Waals surface area contributed by atoms with Crippen LogP contribution in [-0.2, 0) is 14.8 Å². The molecule has 1 saturated heterocycles. The van der Waals surface area contributed by atoms with Crippen molar-refractivity contribution in [1.82, 2.24) is 10.9 Å². The summed E-state index contributed by atoms with van der Waals surface area (Å²) in [5.74, 6) is -0.457. The topological polar surface area (TPSA) is 99.3 Å². The quantitative estimate of drug-likeness (QED) is 0.490. The molecule has 1 heterocycles. The Morgan fingerprint density at radius 3 is 2.27 bits per heavy atom. The van der Waals surface area contributed by atoms with E-state index in [1.54, 1.807) is 42.5 Å². The van der Waals surface area contributed by atoms with Gasteiger partial charge in [-0.15, -0.1) is 0 Å². The molecular weight excluding hydrogens is 400 g/mol. The Kier molecular flexibility index (Phi) is 5.80. The fourth-order valence-corrected chi connectivity index (χ4v) is 4.50. The predicted octanol–water partition coefficient (Wildman–Crippen LogP) is 2.89. The summed E-state index contributed by atoms with van der Waals surface area (Å²) in [4.78, 5) is 13.1. The van der Waals surface area contributed by atoms with Gasteiger partial charge in [-0.05, 0) is 35.9 Å². The molecule has 0 aliphatic carbocycles. The Morgan fingerprint density at radius 2 is 1.53 bits per heavy atom. The van der Waals surface area contributed by atoms with Gasteiger partial charge >= 0.3 is 0 Å². The molecule has 30 heavy (non-hydrogen) atoms. The van der Waals surface area contributed by atoms with Crippen molar-refractivity contribution in [1.29, 1.82) is 0 Å². The van der Waals surface area contributed by atoms with Gasteiger partial charge in [0.05, 0.1) is 22.5 Å². The van der Waals surface area contributed by atoms with E-state index in [2.05, 4.69) is 20.9 Å². The standard InChI is InChI=1S/C22H22N4O3S/c27-22(20-15-23-25-21(20)16-8-3-1-4-9-16)24-17-10-7-11-18(14-17)26-30(28,29)19-12-5-2-6-13-19/h1-14,20-21,23,25-26H,15H2,(H,24,27). The van der Waals surface area contributed by atoms with Crippen LogP contribution in [0.4, 0.5) is 11.4 Å². The van der Waals surface area contributed by atoms with Crippen LogP contribution in [-0.4, -0.2) is 20.9 Å². The molecule has 154 valence electrons. The minimum absolute atomic E-state index is 0.147. The van der Waals surface area contributed by atoms with Crippen molar-refractivity contribution in [3.05, 3.63) is 90.5 Å². The number of anilines is 2. The zero-order valence-corrected chi connectivity index (χ0v) is 16.9. The lowest BCUT2D eigenvalue weighted by Crippen LogP contribution is -2.29. The minimum atomic E-state index is -3.70. The highest BCUT2D eigenvalue weighted by atomic mass is 32.2. The molecule has 1 aliphatic rings. The fourth-order valence-electron chi connectivity index (χ4n) is 3.43. The summed E-state index contributed by atoms with van der Waals surface area (Å²) < 4.78 is 27.6. The van der Waals surface area contributed by atoms with Gasteiger partial charge < -0.3 is 5.32 Å². The first-order valence-corrected chi connectivity index (χ1v) is 11.0. The van der Waals surface area contributed by atoms with Gasteiger partial charge in [0.1, 0.15) is 0 Å². The summed E-state index contributed by atoms with van der Waals surface area (Å²) in [7, 11) is -3.70. The summed E-state index contributed by atoms with van der Waals surface area (Å²) in [6.45, 7) is 0.492. The minimum Gasteiger partial charge on any atom is -0.326 e. The molecule has 1 aliphatic heterocycles. The van der Waals surface area contributed by atoms with Gasteiger partial charge in [0.15, 0.2) is 0 Å². The number of nitrogens with one attached hydrogen (secondary N) is 4. The fraction of sp³-hybridized carbons (Fsp3) is 0.136. The van der Waals surface area contributed by atoms with Crippen LogP contribution in [0.3, 0.4) is 0 Å². The zero-order chi connectivity index (χ0) is 21.0. The third-order valence-electron chi connectivity index (χ3n) is 4.91. The summed E-state index contributed by atoms with van der Waals surface area (Å²) in [5.41, 5.74) is 8.11. The first-order valence-electron chi connectivity index (χ1n) is 9.55. The maximum atomic E-state index is 12.9. The van der Waals surface area contributed by atoms with E-state index in [-0.39, 0.29) is 22.8 Å². The SMILES string of the molecule is O=C(Nc1cccc(NS(=O)(=O)c2ccccc2)c1)C1CNNC1c1ccccc1. The van der Waals surface area contributed by atoms with E-state index in [1.165, 1.54) is 12.1 Å². The van der Waals surface area contributed by atoms with Crippen molar-refractivity contribution < 1.29 is 13.2 Å². The monoisotopic (exact) mass is 422 g/mol. The van der Waals surface area contributed by atoms with Crippen molar-refractivity contribution in [2.75, 3.05) is 16.6 Å². The molecule has 4 rings (SSSR count). The highest BCUT2D eigenvalue weighted by molar-refractivity contribution is 7.92. The van der Waals surface area contributed by atoms with Crippen LogP contribution >= 0.6 is 0 Å². The van der Waals surface area contributed by atoms with E-state index in [4.69, 9.17) is 0 Å². The average Bonchev–Trinajstić information content (AvgIpc) is 3.25. The number of amides is 1. The van der Waals surface area contributed by atoms with E-state index in [9.17, 15) is 13.2 Å². The van der Waals surface area contributed by atoms with Crippen LogP contribution in [0.1, 0.15) is 11.6 Å². The van der Waals surface area contributed by atoms with E-state index < -0.39 is 10.0 Å². The number of hydrogen-bond donors (Lipinski definition) is 4. The highest BCUT2D eigenvalue weighted by Gasteiger charge is 2.33. The molecule has 3 aromatic rings. The Morgan fingerprint density at radius 1 is 0.867 bits per heavy atom. The third-order valence-corrected chi connectivity index (χ3v) is 6.31. The van der Waals surface area contributed by atoms with Gasteiger partial charge in [0.2, 0.25) is 5.91 Å². The van der Waals surface area contributed by atoms with Gasteiger partial charge in [0.25, 0.3) is 10.0 Å². The second kappa shape index (κ2) is 8.66. The summed E-state index contributed by atoms with van der Waals surface area (Å²) in [6, 6.07) is 24.4. The van der Waals surface area contributed by atoms with Crippen LogP contribution in [0.2, 0.25) is 0 Å². The number of rotatable bonds is 6. The van der Waals surface area contributed by atoms with Crippen LogP contribution in [0.5, 0.6) is 0 Å². The van der Waals surface area contributed by atoms with Gasteiger partial charge in [-0.25, -0.2) is 13.8 Å². The van der Waals surface area contributed by atoms with Crippen molar-refractivity contribution in [3.8, 4) is 0 Å². The normalized spacial score (nSPS) is 18.7. The van der Waals surface area contributed by atoms with Crippen LogP contribution in [0.15, 0.2) is 89.8 Å². The van der Waals surface area contributed by atoms with Crippen molar-refractivity contribution in [2.45, 2.75) is 10.9 Å². The van der Waals surface area contributed by atoms with Gasteiger partial charge in [-0.1, -0.05) is 54.6 Å². The lowest BCUT2D eigenvalue weighted by atomic mass is 9.94. The molecule has 1 amide bonds. The van der Waals surface area contributed by atoms with Crippen molar-refractivity contribution in [3.63, 3.8) is 0 Å². The molecule has 0 spiro atoms. The highest BCUT2D eigenvalue weighted by Crippen LogP contribution is 2.26. The molecule has 1 fully saturated rings. The average molecular weight is 423 g/mol. The molecule has 3 aromatic carbocycles. The third kappa shape index (κ3) is 4.51. The summed E-state index contributed by atoms with van der Waals surface area (Å²) in [5, 5.41) is 2.90. The first-order chi connectivity index (χ1) is 14.5. The van der Waals surface area contributed by atoms with Gasteiger partial charge in [-0.2, -0.15) is 0 Å². The van der Waals surface area contributed by atoms with Crippen LogP contribution < -0.4 is 20.9 Å². The zero-order valence-electron chi connectivity index (χ0n) is 16.1.